The zero-order chi connectivity index (χ0) is 24.7. The average Bonchev–Trinajstić information content (AvgIpc) is 3.45. The maximum absolute atomic E-state index is 13.4. The molecule has 35 heavy (non-hydrogen) atoms. The van der Waals surface area contributed by atoms with E-state index in [0.717, 1.165) is 6.07 Å². The van der Waals surface area contributed by atoms with Gasteiger partial charge in [-0.25, -0.2) is 14.5 Å². The lowest BCUT2D eigenvalue weighted by atomic mass is 10.1. The Labute approximate surface area is 196 Å². The number of benzene rings is 1. The summed E-state index contributed by atoms with van der Waals surface area (Å²) in [6.07, 6.45) is -3.53. The van der Waals surface area contributed by atoms with Gasteiger partial charge >= 0.3 is 6.18 Å². The van der Waals surface area contributed by atoms with Gasteiger partial charge in [-0.1, -0.05) is 0 Å². The number of carbonyl (C=O) groups is 1. The zero-order valence-corrected chi connectivity index (χ0v) is 18.6. The fourth-order valence-corrected chi connectivity index (χ4v) is 4.71. The van der Waals surface area contributed by atoms with Crippen LogP contribution >= 0.6 is 0 Å². The summed E-state index contributed by atoms with van der Waals surface area (Å²) in [7, 11) is 0. The fraction of sp³-hybridized carbons (Fsp3) is 0.455. The van der Waals surface area contributed by atoms with Gasteiger partial charge in [-0.05, 0) is 43.7 Å². The second kappa shape index (κ2) is 8.95. The number of halogens is 4. The summed E-state index contributed by atoms with van der Waals surface area (Å²) < 4.78 is 52.9. The standard InChI is InChI=1S/C22H23F4N7O2/c23-13-3-4-15-16(10-13)28-21(27-15)32-8-6-31(7-9-32)19(34)12-33-5-1-2-18(33)17-11-14(22(24,25)26)20(35)30-29-17/h3-4,10-11,18H,1-2,5-9,12H2,(H,27,28)(H,30,35). The fourth-order valence-electron chi connectivity index (χ4n) is 4.71. The summed E-state index contributed by atoms with van der Waals surface area (Å²) in [6.45, 7) is 2.59. The van der Waals surface area contributed by atoms with Crippen LogP contribution in [0.15, 0.2) is 29.1 Å². The van der Waals surface area contributed by atoms with Crippen LogP contribution in [0.1, 0.15) is 30.1 Å². The number of imidazole rings is 1. The molecular formula is C22H23F4N7O2. The molecule has 0 spiro atoms. The average molecular weight is 493 g/mol. The van der Waals surface area contributed by atoms with Gasteiger partial charge in [-0.15, -0.1) is 0 Å². The zero-order valence-electron chi connectivity index (χ0n) is 18.6. The number of hydrogen-bond donors (Lipinski definition) is 2. The molecule has 1 amide bonds. The molecule has 2 fully saturated rings. The van der Waals surface area contributed by atoms with Crippen LogP contribution in [-0.2, 0) is 11.0 Å². The lowest BCUT2D eigenvalue weighted by Gasteiger charge is -2.36. The molecule has 4 heterocycles. The van der Waals surface area contributed by atoms with Gasteiger partial charge in [-0.3, -0.25) is 14.5 Å². The van der Waals surface area contributed by atoms with Crippen LogP contribution in [0, 0.1) is 5.82 Å². The van der Waals surface area contributed by atoms with Crippen LogP contribution in [-0.4, -0.2) is 75.1 Å². The molecule has 0 aliphatic carbocycles. The smallest absolute Gasteiger partial charge is 0.339 e. The minimum absolute atomic E-state index is 0.0523. The number of nitrogens with one attached hydrogen (secondary N) is 2. The number of alkyl halides is 3. The van der Waals surface area contributed by atoms with E-state index in [1.807, 2.05) is 14.9 Å². The molecule has 3 aromatic rings. The van der Waals surface area contributed by atoms with E-state index in [0.29, 0.717) is 62.5 Å². The Bertz CT molecular complexity index is 1300. The van der Waals surface area contributed by atoms with Gasteiger partial charge in [0, 0.05) is 26.2 Å². The first-order valence-corrected chi connectivity index (χ1v) is 11.3. The van der Waals surface area contributed by atoms with Crippen molar-refractivity contribution >= 4 is 22.9 Å². The lowest BCUT2D eigenvalue weighted by Crippen LogP contribution is -2.51. The largest absolute Gasteiger partial charge is 0.421 e. The summed E-state index contributed by atoms with van der Waals surface area (Å²) in [4.78, 5) is 37.6. The lowest BCUT2D eigenvalue weighted by molar-refractivity contribution is -0.139. The van der Waals surface area contributed by atoms with Crippen molar-refractivity contribution in [2.45, 2.75) is 25.1 Å². The van der Waals surface area contributed by atoms with Crippen LogP contribution in [0.5, 0.6) is 0 Å². The van der Waals surface area contributed by atoms with Gasteiger partial charge in [0.15, 0.2) is 0 Å². The van der Waals surface area contributed by atoms with E-state index in [1.165, 1.54) is 12.1 Å². The van der Waals surface area contributed by atoms with Crippen molar-refractivity contribution in [3.05, 3.63) is 51.7 Å². The van der Waals surface area contributed by atoms with Crippen molar-refractivity contribution in [1.29, 1.82) is 0 Å². The summed E-state index contributed by atoms with van der Waals surface area (Å²) in [5.74, 6) is 0.139. The van der Waals surface area contributed by atoms with Crippen LogP contribution in [0.2, 0.25) is 0 Å². The topological polar surface area (TPSA) is 101 Å². The maximum Gasteiger partial charge on any atom is 0.421 e. The molecule has 1 atom stereocenters. The third kappa shape index (κ3) is 4.72. The molecule has 2 aliphatic rings. The second-order valence-corrected chi connectivity index (χ2v) is 8.75. The molecule has 2 saturated heterocycles. The van der Waals surface area contributed by atoms with Crippen molar-refractivity contribution in [2.24, 2.45) is 0 Å². The van der Waals surface area contributed by atoms with E-state index in [4.69, 9.17) is 0 Å². The summed E-state index contributed by atoms with van der Waals surface area (Å²) >= 11 is 0. The number of piperazine rings is 1. The number of anilines is 1. The molecule has 5 rings (SSSR count). The number of carbonyl (C=O) groups excluding carboxylic acids is 1. The van der Waals surface area contributed by atoms with Gasteiger partial charge in [0.05, 0.1) is 29.3 Å². The number of hydrogen-bond acceptors (Lipinski definition) is 6. The number of amides is 1. The molecule has 2 aliphatic heterocycles. The molecule has 1 unspecified atom stereocenters. The third-order valence-electron chi connectivity index (χ3n) is 6.54. The first-order valence-electron chi connectivity index (χ1n) is 11.3. The van der Waals surface area contributed by atoms with Crippen LogP contribution in [0.4, 0.5) is 23.5 Å². The predicted molar refractivity (Wildman–Crippen MR) is 118 cm³/mol. The van der Waals surface area contributed by atoms with Crippen molar-refractivity contribution in [3.8, 4) is 0 Å². The molecule has 1 aromatic carbocycles. The molecular weight excluding hydrogens is 470 g/mol. The van der Waals surface area contributed by atoms with E-state index in [-0.39, 0.29) is 24.0 Å². The monoisotopic (exact) mass is 493 g/mol. The summed E-state index contributed by atoms with van der Waals surface area (Å²) in [5.41, 5.74) is -1.21. The Morgan fingerprint density at radius 1 is 1.11 bits per heavy atom. The van der Waals surface area contributed by atoms with Gasteiger partial charge in [0.2, 0.25) is 11.9 Å². The van der Waals surface area contributed by atoms with Gasteiger partial charge < -0.3 is 14.8 Å². The second-order valence-electron chi connectivity index (χ2n) is 8.75. The molecule has 9 nitrogen and oxygen atoms in total. The van der Waals surface area contributed by atoms with Crippen LogP contribution < -0.4 is 10.5 Å². The molecule has 0 bridgehead atoms. The van der Waals surface area contributed by atoms with E-state index in [9.17, 15) is 27.2 Å². The van der Waals surface area contributed by atoms with E-state index in [1.54, 1.807) is 11.0 Å². The molecule has 2 aromatic heterocycles. The molecule has 13 heteroatoms. The number of fused-ring (bicyclic) bond motifs is 1. The number of rotatable bonds is 4. The number of likely N-dealkylation sites (tertiary alicyclic amines) is 1. The van der Waals surface area contributed by atoms with Crippen LogP contribution in [0.25, 0.3) is 11.0 Å². The first-order chi connectivity index (χ1) is 16.7. The highest BCUT2D eigenvalue weighted by Crippen LogP contribution is 2.33. The van der Waals surface area contributed by atoms with Crippen molar-refractivity contribution in [3.63, 3.8) is 0 Å². The van der Waals surface area contributed by atoms with Gasteiger partial charge in [-0.2, -0.15) is 18.3 Å². The Hall–Kier alpha value is -3.48. The predicted octanol–water partition coefficient (Wildman–Crippen LogP) is 2.29. The van der Waals surface area contributed by atoms with Gasteiger partial charge in [0.1, 0.15) is 11.4 Å². The van der Waals surface area contributed by atoms with Gasteiger partial charge in [0.25, 0.3) is 5.56 Å². The number of H-pyrrole nitrogens is 2. The van der Waals surface area contributed by atoms with Crippen LogP contribution in [0.3, 0.4) is 0 Å². The molecule has 2 N–H and O–H groups in total. The highest BCUT2D eigenvalue weighted by molar-refractivity contribution is 5.79. The number of aromatic amines is 2. The molecule has 0 radical (unpaired) electrons. The van der Waals surface area contributed by atoms with E-state index < -0.39 is 23.3 Å². The van der Waals surface area contributed by atoms with E-state index >= 15 is 0 Å². The Kier molecular flexibility index (Phi) is 5.95. The molecule has 0 saturated carbocycles. The minimum Gasteiger partial charge on any atom is -0.339 e. The normalized spacial score (nSPS) is 19.6. The number of aromatic nitrogens is 4. The van der Waals surface area contributed by atoms with E-state index in [2.05, 4.69) is 15.1 Å². The summed E-state index contributed by atoms with van der Waals surface area (Å²) in [5, 5.41) is 5.77. The Morgan fingerprint density at radius 2 is 1.89 bits per heavy atom. The van der Waals surface area contributed by atoms with Crippen molar-refractivity contribution in [2.75, 3.05) is 44.2 Å². The minimum atomic E-state index is -4.78. The highest BCUT2D eigenvalue weighted by Gasteiger charge is 2.37. The van der Waals surface area contributed by atoms with Crippen molar-refractivity contribution < 1.29 is 22.4 Å². The SMILES string of the molecule is O=C(CN1CCCC1c1cc(C(F)(F)F)c(=O)[nH]n1)N1CCN(c2nc3ccc(F)cc3[nH]2)CC1. The number of nitrogens with zero attached hydrogens (tertiary/aromatic N) is 5. The Morgan fingerprint density at radius 3 is 2.63 bits per heavy atom. The highest BCUT2D eigenvalue weighted by atomic mass is 19.4. The first kappa shape index (κ1) is 23.3. The quantitative estimate of drug-likeness (QED) is 0.541. The third-order valence-corrected chi connectivity index (χ3v) is 6.54. The van der Waals surface area contributed by atoms with Crippen molar-refractivity contribution in [1.82, 2.24) is 30.0 Å². The Balaban J connectivity index is 1.22. The molecule has 186 valence electrons. The summed E-state index contributed by atoms with van der Waals surface area (Å²) in [6, 6.07) is 4.64. The maximum atomic E-state index is 13.4.